The van der Waals surface area contributed by atoms with Gasteiger partial charge in [0.2, 0.25) is 0 Å². The van der Waals surface area contributed by atoms with E-state index in [0.29, 0.717) is 6.54 Å². The largest absolute Gasteiger partial charge is 0.389 e. The minimum Gasteiger partial charge on any atom is -0.389 e. The molecule has 0 unspecified atom stereocenters. The van der Waals surface area contributed by atoms with Gasteiger partial charge in [0.1, 0.15) is 17.3 Å². The first-order valence-corrected chi connectivity index (χ1v) is 6.36. The number of nitrogens with zero attached hydrogens (tertiary/aromatic N) is 1. The number of hydrogen-bond donors (Lipinski definition) is 2. The van der Waals surface area contributed by atoms with E-state index in [4.69, 9.17) is 0 Å². The van der Waals surface area contributed by atoms with Crippen LogP contribution < -0.4 is 5.32 Å². The van der Waals surface area contributed by atoms with E-state index < -0.39 is 23.1 Å². The minimum absolute atomic E-state index is 0.0596. The number of halogens is 2. The second-order valence-corrected chi connectivity index (χ2v) is 5.32. The molecule has 1 aromatic rings. The van der Waals surface area contributed by atoms with Crippen molar-refractivity contribution in [2.75, 3.05) is 25.5 Å². The molecular weight excluding hydrogens is 266 g/mol. The monoisotopic (exact) mass is 286 g/mol. The van der Waals surface area contributed by atoms with Gasteiger partial charge in [0.05, 0.1) is 5.60 Å². The van der Waals surface area contributed by atoms with E-state index >= 15 is 0 Å². The highest BCUT2D eigenvalue weighted by Gasteiger charge is 2.22. The highest BCUT2D eigenvalue weighted by Crippen LogP contribution is 2.21. The molecule has 6 heteroatoms. The van der Waals surface area contributed by atoms with Crippen LogP contribution in [0.25, 0.3) is 0 Å². The van der Waals surface area contributed by atoms with Crippen LogP contribution in [-0.2, 0) is 0 Å². The zero-order valence-electron chi connectivity index (χ0n) is 12.1. The van der Waals surface area contributed by atoms with Crippen molar-refractivity contribution >= 4 is 11.6 Å². The molecule has 0 aromatic heterocycles. The molecule has 0 atom stereocenters. The van der Waals surface area contributed by atoms with Gasteiger partial charge in [-0.05, 0) is 32.9 Å². The molecule has 0 aliphatic carbocycles. The fraction of sp³-hybridized carbons (Fsp3) is 0.500. The first-order valence-electron chi connectivity index (χ1n) is 6.36. The van der Waals surface area contributed by atoms with Crippen molar-refractivity contribution in [1.82, 2.24) is 4.90 Å². The van der Waals surface area contributed by atoms with E-state index in [1.54, 1.807) is 20.8 Å². The predicted molar refractivity (Wildman–Crippen MR) is 73.8 cm³/mol. The highest BCUT2D eigenvalue weighted by atomic mass is 19.1. The van der Waals surface area contributed by atoms with Gasteiger partial charge in [-0.25, -0.2) is 8.78 Å². The van der Waals surface area contributed by atoms with Crippen LogP contribution in [0.1, 0.15) is 31.1 Å². The number of rotatable bonds is 5. The van der Waals surface area contributed by atoms with Crippen molar-refractivity contribution in [1.29, 1.82) is 0 Å². The Labute approximate surface area is 117 Å². The zero-order chi connectivity index (χ0) is 15.5. The second kappa shape index (κ2) is 6.17. The third kappa shape index (κ3) is 4.16. The van der Waals surface area contributed by atoms with Gasteiger partial charge in [-0.1, -0.05) is 0 Å². The van der Waals surface area contributed by atoms with E-state index in [1.807, 2.05) is 0 Å². The number of nitrogens with one attached hydrogen (secondary N) is 1. The molecule has 0 saturated carbocycles. The summed E-state index contributed by atoms with van der Waals surface area (Å²) in [6.07, 6.45) is 0. The van der Waals surface area contributed by atoms with E-state index in [1.165, 1.54) is 11.9 Å². The molecule has 0 aliphatic rings. The Bertz CT molecular complexity index is 475. The van der Waals surface area contributed by atoms with Gasteiger partial charge in [0.15, 0.2) is 0 Å². The Morgan fingerprint density at radius 2 is 1.85 bits per heavy atom. The number of hydrogen-bond acceptors (Lipinski definition) is 3. The molecule has 20 heavy (non-hydrogen) atoms. The van der Waals surface area contributed by atoms with Gasteiger partial charge >= 0.3 is 0 Å². The van der Waals surface area contributed by atoms with Gasteiger partial charge < -0.3 is 15.3 Å². The van der Waals surface area contributed by atoms with Crippen LogP contribution in [0.5, 0.6) is 0 Å². The van der Waals surface area contributed by atoms with Crippen LogP contribution in [0.3, 0.4) is 0 Å². The third-order valence-electron chi connectivity index (χ3n) is 2.61. The third-order valence-corrected chi connectivity index (χ3v) is 2.61. The first-order chi connectivity index (χ1) is 9.15. The van der Waals surface area contributed by atoms with Crippen LogP contribution in [0.2, 0.25) is 0 Å². The normalized spacial score (nSPS) is 11.3. The molecule has 112 valence electrons. The van der Waals surface area contributed by atoms with Crippen molar-refractivity contribution in [3.8, 4) is 0 Å². The standard InChI is InChI=1S/C14H20F2N2O2/c1-5-17-12-10(15)6-9(7-11(12)16)13(19)18(4)8-14(2,3)20/h6-7,17,20H,5,8H2,1-4H3. The van der Waals surface area contributed by atoms with Gasteiger partial charge in [0.25, 0.3) is 5.91 Å². The number of anilines is 1. The molecule has 2 N–H and O–H groups in total. The number of aliphatic hydroxyl groups is 1. The predicted octanol–water partition coefficient (Wildman–Crippen LogP) is 2.24. The van der Waals surface area contributed by atoms with E-state index in [-0.39, 0.29) is 17.8 Å². The number of likely N-dealkylation sites (N-methyl/N-ethyl adjacent to an activating group) is 1. The van der Waals surface area contributed by atoms with Crippen LogP contribution in [0.15, 0.2) is 12.1 Å². The summed E-state index contributed by atoms with van der Waals surface area (Å²) < 4.78 is 27.5. The average Bonchev–Trinajstić information content (AvgIpc) is 2.30. The van der Waals surface area contributed by atoms with Crippen LogP contribution >= 0.6 is 0 Å². The summed E-state index contributed by atoms with van der Waals surface area (Å²) in [6, 6.07) is 1.98. The Kier molecular flexibility index (Phi) is 5.05. The molecule has 0 heterocycles. The summed E-state index contributed by atoms with van der Waals surface area (Å²) in [5, 5.41) is 12.2. The second-order valence-electron chi connectivity index (χ2n) is 5.32. The van der Waals surface area contributed by atoms with Crippen molar-refractivity contribution in [2.45, 2.75) is 26.4 Å². The number of carbonyl (C=O) groups is 1. The molecule has 4 nitrogen and oxygen atoms in total. The summed E-state index contributed by atoms with van der Waals surface area (Å²) in [4.78, 5) is 13.3. The molecule has 0 radical (unpaired) electrons. The lowest BCUT2D eigenvalue weighted by atomic mass is 10.1. The van der Waals surface area contributed by atoms with Crippen LogP contribution in [0.4, 0.5) is 14.5 Å². The molecule has 0 aliphatic heterocycles. The van der Waals surface area contributed by atoms with Crippen LogP contribution in [-0.4, -0.2) is 41.7 Å². The molecule has 1 rings (SSSR count). The summed E-state index contributed by atoms with van der Waals surface area (Å²) >= 11 is 0. The first kappa shape index (κ1) is 16.4. The lowest BCUT2D eigenvalue weighted by Crippen LogP contribution is -2.39. The van der Waals surface area contributed by atoms with Gasteiger partial charge in [0, 0.05) is 25.7 Å². The zero-order valence-corrected chi connectivity index (χ0v) is 12.1. The summed E-state index contributed by atoms with van der Waals surface area (Å²) in [7, 11) is 1.47. The molecule has 0 bridgehead atoms. The molecular formula is C14H20F2N2O2. The SMILES string of the molecule is CCNc1c(F)cc(C(=O)N(C)CC(C)(C)O)cc1F. The molecule has 0 spiro atoms. The maximum atomic E-state index is 13.7. The average molecular weight is 286 g/mol. The van der Waals surface area contributed by atoms with Crippen molar-refractivity contribution in [3.05, 3.63) is 29.3 Å². The molecule has 0 saturated heterocycles. The van der Waals surface area contributed by atoms with Crippen LogP contribution in [0, 0.1) is 11.6 Å². The number of amides is 1. The quantitative estimate of drug-likeness (QED) is 0.873. The van der Waals surface area contributed by atoms with Gasteiger partial charge in [-0.3, -0.25) is 4.79 Å². The topological polar surface area (TPSA) is 52.6 Å². The van der Waals surface area contributed by atoms with Gasteiger partial charge in [-0.2, -0.15) is 0 Å². The lowest BCUT2D eigenvalue weighted by molar-refractivity contribution is 0.0367. The highest BCUT2D eigenvalue weighted by molar-refractivity contribution is 5.94. The van der Waals surface area contributed by atoms with Gasteiger partial charge in [-0.15, -0.1) is 0 Å². The molecule has 1 amide bonds. The van der Waals surface area contributed by atoms with E-state index in [9.17, 15) is 18.7 Å². The number of carbonyl (C=O) groups excluding carboxylic acids is 1. The van der Waals surface area contributed by atoms with Crippen molar-refractivity contribution in [2.24, 2.45) is 0 Å². The van der Waals surface area contributed by atoms with Crippen molar-refractivity contribution < 1.29 is 18.7 Å². The molecule has 0 fully saturated rings. The summed E-state index contributed by atoms with van der Waals surface area (Å²) in [5.41, 5.74) is -1.41. The minimum atomic E-state index is -1.08. The van der Waals surface area contributed by atoms with E-state index in [2.05, 4.69) is 5.32 Å². The fourth-order valence-corrected chi connectivity index (χ4v) is 1.91. The summed E-state index contributed by atoms with van der Waals surface area (Å²) in [6.45, 7) is 5.25. The lowest BCUT2D eigenvalue weighted by Gasteiger charge is -2.25. The Hall–Kier alpha value is -1.69. The Morgan fingerprint density at radius 1 is 1.35 bits per heavy atom. The smallest absolute Gasteiger partial charge is 0.253 e. The van der Waals surface area contributed by atoms with E-state index in [0.717, 1.165) is 12.1 Å². The summed E-state index contributed by atoms with van der Waals surface area (Å²) in [5.74, 6) is -2.17. The maximum Gasteiger partial charge on any atom is 0.253 e. The molecule has 1 aromatic carbocycles. The maximum absolute atomic E-state index is 13.7. The Morgan fingerprint density at radius 3 is 2.25 bits per heavy atom. The van der Waals surface area contributed by atoms with Crippen molar-refractivity contribution in [3.63, 3.8) is 0 Å². The number of benzene rings is 1. The fourth-order valence-electron chi connectivity index (χ4n) is 1.91. The Balaban J connectivity index is 3.00.